The Balaban J connectivity index is 0.000000371. The van der Waals surface area contributed by atoms with Crippen molar-refractivity contribution in [3.63, 3.8) is 0 Å². The molecular weight excluding hydrogens is 142 g/mol. The molecule has 0 saturated heterocycles. The summed E-state index contributed by atoms with van der Waals surface area (Å²) in [5, 5.41) is 3.24. The predicted octanol–water partition coefficient (Wildman–Crippen LogP) is 3.29. The fraction of sp³-hybridized carbons (Fsp3) is 0.625. The molecule has 0 atom stereocenters. The van der Waals surface area contributed by atoms with Crippen molar-refractivity contribution in [3.05, 3.63) is 16.6 Å². The zero-order valence-electron chi connectivity index (χ0n) is 7.09. The molecule has 1 nitrogen and oxygen atoms in total. The number of nitrogens with zero attached hydrogens (tertiary/aromatic N) is 1. The lowest BCUT2D eigenvalue weighted by Gasteiger charge is -1.93. The SMILES string of the molecule is CC.CC(C)c1nccs1. The Bertz CT molecular complexity index is 144. The van der Waals surface area contributed by atoms with Crippen LogP contribution >= 0.6 is 11.3 Å². The van der Waals surface area contributed by atoms with Crippen molar-refractivity contribution in [1.29, 1.82) is 0 Å². The summed E-state index contributed by atoms with van der Waals surface area (Å²) in [6, 6.07) is 0. The zero-order chi connectivity index (χ0) is 7.98. The molecule has 0 bridgehead atoms. The molecule has 0 unspecified atom stereocenters. The van der Waals surface area contributed by atoms with Crippen molar-refractivity contribution < 1.29 is 0 Å². The highest BCUT2D eigenvalue weighted by atomic mass is 32.1. The molecule has 10 heavy (non-hydrogen) atoms. The molecule has 2 heteroatoms. The fourth-order valence-electron chi connectivity index (χ4n) is 0.520. The van der Waals surface area contributed by atoms with Gasteiger partial charge in [-0.2, -0.15) is 0 Å². The number of rotatable bonds is 1. The van der Waals surface area contributed by atoms with Crippen LogP contribution in [0.25, 0.3) is 0 Å². The largest absolute Gasteiger partial charge is 0.249 e. The molecule has 1 aromatic rings. The van der Waals surface area contributed by atoms with Crippen LogP contribution in [0.4, 0.5) is 0 Å². The summed E-state index contributed by atoms with van der Waals surface area (Å²) in [5.74, 6) is 0.593. The van der Waals surface area contributed by atoms with Crippen molar-refractivity contribution in [1.82, 2.24) is 4.98 Å². The second kappa shape index (κ2) is 5.42. The summed E-state index contributed by atoms with van der Waals surface area (Å²) in [4.78, 5) is 4.13. The molecule has 0 aliphatic rings. The average Bonchev–Trinajstić information content (AvgIpc) is 2.42. The molecule has 1 heterocycles. The minimum Gasteiger partial charge on any atom is -0.249 e. The number of hydrogen-bond acceptors (Lipinski definition) is 2. The van der Waals surface area contributed by atoms with Crippen molar-refractivity contribution in [3.8, 4) is 0 Å². The molecule has 0 spiro atoms. The molecule has 0 aliphatic carbocycles. The van der Waals surface area contributed by atoms with E-state index in [1.54, 1.807) is 11.3 Å². The van der Waals surface area contributed by atoms with Gasteiger partial charge < -0.3 is 0 Å². The molecule has 0 aliphatic heterocycles. The van der Waals surface area contributed by atoms with E-state index in [4.69, 9.17) is 0 Å². The van der Waals surface area contributed by atoms with Gasteiger partial charge in [0.25, 0.3) is 0 Å². The summed E-state index contributed by atoms with van der Waals surface area (Å²) in [7, 11) is 0. The van der Waals surface area contributed by atoms with Gasteiger partial charge in [-0.1, -0.05) is 27.7 Å². The average molecular weight is 157 g/mol. The van der Waals surface area contributed by atoms with Gasteiger partial charge in [-0.05, 0) is 0 Å². The minimum atomic E-state index is 0.593. The Kier molecular flexibility index (Phi) is 5.22. The molecule has 0 radical (unpaired) electrons. The van der Waals surface area contributed by atoms with Crippen LogP contribution < -0.4 is 0 Å². The van der Waals surface area contributed by atoms with Crippen molar-refractivity contribution in [2.45, 2.75) is 33.6 Å². The van der Waals surface area contributed by atoms with Gasteiger partial charge >= 0.3 is 0 Å². The first-order chi connectivity index (χ1) is 4.80. The molecule has 0 fully saturated rings. The quantitative estimate of drug-likeness (QED) is 0.609. The maximum Gasteiger partial charge on any atom is 0.0950 e. The third kappa shape index (κ3) is 2.97. The van der Waals surface area contributed by atoms with Crippen molar-refractivity contribution in [2.75, 3.05) is 0 Å². The maximum absolute atomic E-state index is 4.13. The first kappa shape index (κ1) is 9.63. The Morgan fingerprint density at radius 3 is 2.20 bits per heavy atom. The molecule has 0 aromatic carbocycles. The summed E-state index contributed by atoms with van der Waals surface area (Å²) in [5.41, 5.74) is 0. The van der Waals surface area contributed by atoms with Crippen LogP contribution in [0.2, 0.25) is 0 Å². The molecule has 0 saturated carbocycles. The zero-order valence-corrected chi connectivity index (χ0v) is 7.90. The van der Waals surface area contributed by atoms with Gasteiger partial charge in [0.1, 0.15) is 0 Å². The topological polar surface area (TPSA) is 12.9 Å². The predicted molar refractivity (Wildman–Crippen MR) is 47.6 cm³/mol. The van der Waals surface area contributed by atoms with E-state index in [9.17, 15) is 0 Å². The van der Waals surface area contributed by atoms with Gasteiger partial charge in [0.15, 0.2) is 0 Å². The molecular formula is C8H15NS. The Morgan fingerprint density at radius 2 is 2.00 bits per heavy atom. The second-order valence-electron chi connectivity index (χ2n) is 2.03. The van der Waals surface area contributed by atoms with E-state index in [1.807, 2.05) is 25.4 Å². The van der Waals surface area contributed by atoms with E-state index in [-0.39, 0.29) is 0 Å². The van der Waals surface area contributed by atoms with Crippen LogP contribution in [-0.4, -0.2) is 4.98 Å². The fourth-order valence-corrected chi connectivity index (χ4v) is 1.17. The monoisotopic (exact) mass is 157 g/mol. The van der Waals surface area contributed by atoms with Gasteiger partial charge in [0, 0.05) is 17.5 Å². The molecule has 0 N–H and O–H groups in total. The highest BCUT2D eigenvalue weighted by Gasteiger charge is 1.97. The Morgan fingerprint density at radius 1 is 1.40 bits per heavy atom. The molecule has 1 rings (SSSR count). The lowest BCUT2D eigenvalue weighted by molar-refractivity contribution is 0.852. The van der Waals surface area contributed by atoms with E-state index < -0.39 is 0 Å². The maximum atomic E-state index is 4.13. The second-order valence-corrected chi connectivity index (χ2v) is 2.95. The van der Waals surface area contributed by atoms with Gasteiger partial charge in [0.05, 0.1) is 5.01 Å². The first-order valence-corrected chi connectivity index (χ1v) is 4.58. The number of aromatic nitrogens is 1. The summed E-state index contributed by atoms with van der Waals surface area (Å²) < 4.78 is 0. The normalized spacial score (nSPS) is 8.90. The molecule has 58 valence electrons. The standard InChI is InChI=1S/C6H9NS.C2H6/c1-5(2)6-7-3-4-8-6;1-2/h3-5H,1-2H3;1-2H3. The summed E-state index contributed by atoms with van der Waals surface area (Å²) >= 11 is 1.72. The van der Waals surface area contributed by atoms with E-state index in [2.05, 4.69) is 18.8 Å². The van der Waals surface area contributed by atoms with Gasteiger partial charge in [0.2, 0.25) is 0 Å². The number of hydrogen-bond donors (Lipinski definition) is 0. The van der Waals surface area contributed by atoms with Crippen molar-refractivity contribution in [2.24, 2.45) is 0 Å². The van der Waals surface area contributed by atoms with Crippen molar-refractivity contribution >= 4 is 11.3 Å². The first-order valence-electron chi connectivity index (χ1n) is 3.70. The summed E-state index contributed by atoms with van der Waals surface area (Å²) in [6.45, 7) is 8.30. The molecule has 0 amide bonds. The van der Waals surface area contributed by atoms with Gasteiger partial charge in [-0.15, -0.1) is 11.3 Å². The highest BCUT2D eigenvalue weighted by molar-refractivity contribution is 7.09. The number of thiazole rings is 1. The van der Waals surface area contributed by atoms with Crippen LogP contribution in [-0.2, 0) is 0 Å². The third-order valence-electron chi connectivity index (χ3n) is 0.945. The molecule has 1 aromatic heterocycles. The van der Waals surface area contributed by atoms with Crippen LogP contribution in [0.1, 0.15) is 38.6 Å². The van der Waals surface area contributed by atoms with Crippen LogP contribution in [0.3, 0.4) is 0 Å². The Labute approximate surface area is 67.1 Å². The summed E-state index contributed by atoms with van der Waals surface area (Å²) in [6.07, 6.45) is 1.85. The minimum absolute atomic E-state index is 0.593. The van der Waals surface area contributed by atoms with Gasteiger partial charge in [-0.3, -0.25) is 0 Å². The lowest BCUT2D eigenvalue weighted by atomic mass is 10.2. The van der Waals surface area contributed by atoms with Crippen LogP contribution in [0.5, 0.6) is 0 Å². The van der Waals surface area contributed by atoms with Crippen LogP contribution in [0.15, 0.2) is 11.6 Å². The highest BCUT2D eigenvalue weighted by Crippen LogP contribution is 2.15. The van der Waals surface area contributed by atoms with E-state index in [0.717, 1.165) is 0 Å². The van der Waals surface area contributed by atoms with E-state index in [1.165, 1.54) is 5.01 Å². The lowest BCUT2D eigenvalue weighted by Crippen LogP contribution is -1.81. The van der Waals surface area contributed by atoms with Crippen LogP contribution in [0, 0.1) is 0 Å². The van der Waals surface area contributed by atoms with E-state index in [0.29, 0.717) is 5.92 Å². The van der Waals surface area contributed by atoms with E-state index >= 15 is 0 Å². The third-order valence-corrected chi connectivity index (χ3v) is 2.02. The van der Waals surface area contributed by atoms with Gasteiger partial charge in [-0.25, -0.2) is 4.98 Å². The smallest absolute Gasteiger partial charge is 0.0950 e. The Hall–Kier alpha value is -0.370.